The van der Waals surface area contributed by atoms with Gasteiger partial charge in [0.25, 0.3) is 0 Å². The molecule has 0 spiro atoms. The first kappa shape index (κ1) is 39.8. The molecule has 4 heterocycles. The summed E-state index contributed by atoms with van der Waals surface area (Å²) in [7, 11) is 1.73. The van der Waals surface area contributed by atoms with Crippen LogP contribution >= 0.6 is 12.2 Å². The molecule has 3 aliphatic rings. The quantitative estimate of drug-likeness (QED) is 0.115. The number of likely N-dealkylation sites (N-methyl/N-ethyl adjacent to an activating group) is 1. The number of benzene rings is 1. The number of aliphatic carboxylic acids is 3. The number of anilines is 1. The maximum absolute atomic E-state index is 13.4. The van der Waals surface area contributed by atoms with E-state index >= 15 is 0 Å². The van der Waals surface area contributed by atoms with Crippen molar-refractivity contribution in [2.24, 2.45) is 15.8 Å². The number of allylic oxidation sites excluding steroid dienone is 1. The Balaban J connectivity index is 0.00000163. The zero-order valence-corrected chi connectivity index (χ0v) is 29.7. The summed E-state index contributed by atoms with van der Waals surface area (Å²) in [6.45, 7) is 4.23. The third kappa shape index (κ3) is 8.56. The van der Waals surface area contributed by atoms with E-state index in [4.69, 9.17) is 12.2 Å². The van der Waals surface area contributed by atoms with Crippen molar-refractivity contribution in [3.05, 3.63) is 72.2 Å². The van der Waals surface area contributed by atoms with Crippen molar-refractivity contribution in [3.8, 4) is 12.8 Å². The van der Waals surface area contributed by atoms with Crippen molar-refractivity contribution in [1.82, 2.24) is 20.1 Å². The van der Waals surface area contributed by atoms with Crippen LogP contribution in [0, 0.1) is 23.7 Å². The van der Waals surface area contributed by atoms with Gasteiger partial charge < -0.3 is 26.0 Å². The van der Waals surface area contributed by atoms with Gasteiger partial charge in [0, 0.05) is 37.7 Å². The summed E-state index contributed by atoms with van der Waals surface area (Å²) >= 11 is 5.37. The summed E-state index contributed by atoms with van der Waals surface area (Å²) < 4.78 is 0. The molecule has 50 heavy (non-hydrogen) atoms. The lowest BCUT2D eigenvalue weighted by atomic mass is 9.55. The fourth-order valence-corrected chi connectivity index (χ4v) is 7.77. The average molecular weight is 705 g/mol. The molecular formula is C37H48N6O6S. The molecule has 2 aromatic rings. The summed E-state index contributed by atoms with van der Waals surface area (Å²) in [5, 5.41) is 39.0. The van der Waals surface area contributed by atoms with Crippen LogP contribution < -0.4 is 10.6 Å². The number of hydrogen-bond donors (Lipinski definition) is 5. The molecule has 5 atom stereocenters. The first-order valence-corrected chi connectivity index (χ1v) is 17.2. The van der Waals surface area contributed by atoms with E-state index < -0.39 is 46.9 Å². The number of carboxylic acid groups (broad SMARTS) is 3. The lowest BCUT2D eigenvalue weighted by molar-refractivity contribution is -0.203. The molecule has 12 nitrogen and oxygen atoms in total. The van der Waals surface area contributed by atoms with E-state index in [2.05, 4.69) is 33.5 Å². The molecule has 5 N–H and O–H groups in total. The van der Waals surface area contributed by atoms with Crippen LogP contribution in [0.3, 0.4) is 0 Å². The van der Waals surface area contributed by atoms with Crippen molar-refractivity contribution in [1.29, 1.82) is 0 Å². The van der Waals surface area contributed by atoms with Crippen molar-refractivity contribution >= 4 is 47.1 Å². The van der Waals surface area contributed by atoms with Crippen LogP contribution in [0.5, 0.6) is 0 Å². The minimum atomic E-state index is -1.65. The number of nitrogens with one attached hydrogen (secondary N) is 2. The Morgan fingerprint density at radius 2 is 1.60 bits per heavy atom. The van der Waals surface area contributed by atoms with Crippen LogP contribution in [0.2, 0.25) is 0 Å². The molecule has 1 aromatic heterocycles. The number of hydrogen-bond acceptors (Lipinski definition) is 8. The van der Waals surface area contributed by atoms with Crippen molar-refractivity contribution in [2.75, 3.05) is 32.0 Å². The van der Waals surface area contributed by atoms with Gasteiger partial charge in [0.1, 0.15) is 16.9 Å². The number of carbonyl (C=O) groups is 3. The van der Waals surface area contributed by atoms with Crippen molar-refractivity contribution in [3.63, 3.8) is 0 Å². The minimum absolute atomic E-state index is 0.130. The minimum Gasteiger partial charge on any atom is -0.481 e. The Bertz CT molecular complexity index is 1550. The van der Waals surface area contributed by atoms with Gasteiger partial charge in [-0.1, -0.05) is 44.2 Å². The highest BCUT2D eigenvalue weighted by Crippen LogP contribution is 2.59. The molecule has 5 unspecified atom stereocenters. The second-order valence-electron chi connectivity index (χ2n) is 12.3. The largest absolute Gasteiger partial charge is 0.481 e. The number of fused-ring (bicyclic) bond motifs is 2. The Morgan fingerprint density at radius 1 is 0.960 bits per heavy atom. The molecule has 5 rings (SSSR count). The molecule has 2 fully saturated rings. The Hall–Kier alpha value is -4.64. The third-order valence-electron chi connectivity index (χ3n) is 9.40. The van der Waals surface area contributed by atoms with Crippen LogP contribution in [0.1, 0.15) is 64.1 Å². The average Bonchev–Trinajstić information content (AvgIpc) is 3.12. The molecule has 2 saturated heterocycles. The summed E-state index contributed by atoms with van der Waals surface area (Å²) in [6, 6.07) is 12.0. The number of carboxylic acids is 3. The number of thiocarbonyl (C=S) groups is 1. The normalized spacial score (nSPS) is 24.9. The van der Waals surface area contributed by atoms with E-state index in [1.807, 2.05) is 50.3 Å². The molecule has 0 radical (unpaired) electrons. The van der Waals surface area contributed by atoms with Crippen LogP contribution in [0.15, 0.2) is 71.5 Å². The van der Waals surface area contributed by atoms with Gasteiger partial charge >= 0.3 is 17.9 Å². The second kappa shape index (κ2) is 18.4. The fraction of sp³-hybridized carbons (Fsp3) is 0.459. The molecule has 3 aliphatic heterocycles. The predicted octanol–water partition coefficient (Wildman–Crippen LogP) is 4.92. The van der Waals surface area contributed by atoms with E-state index in [-0.39, 0.29) is 25.9 Å². The van der Waals surface area contributed by atoms with Gasteiger partial charge in [-0.05, 0) is 82.1 Å². The smallest absolute Gasteiger partial charge is 0.320 e. The molecule has 268 valence electrons. The number of unbranched alkanes of at least 4 members (excludes halogenated alkanes) is 1. The fourth-order valence-electron chi connectivity index (χ4n) is 7.55. The SMILES string of the molecule is C#C.CC.CN1C(C2=CCCC=N2)C2(C(=O)O)CN(C(CCCCNC(=S)Nc3ccccc3)C(=O)O)CC(C(=O)O)(C2)C1c1ccccn1. The number of likely N-dealkylation sites (tertiary alicyclic amines) is 2. The highest BCUT2D eigenvalue weighted by Gasteiger charge is 2.69. The number of aliphatic imine (C=N–C) groups is 1. The summed E-state index contributed by atoms with van der Waals surface area (Å²) in [5.74, 6) is -3.48. The van der Waals surface area contributed by atoms with Crippen LogP contribution in [-0.2, 0) is 14.4 Å². The number of pyridine rings is 1. The zero-order chi connectivity index (χ0) is 36.9. The second-order valence-corrected chi connectivity index (χ2v) is 12.8. The number of terminal acetylenes is 1. The van der Waals surface area contributed by atoms with Gasteiger partial charge in [-0.25, -0.2) is 0 Å². The lowest BCUT2D eigenvalue weighted by Crippen LogP contribution is -2.73. The number of rotatable bonds is 12. The molecule has 0 saturated carbocycles. The van der Waals surface area contributed by atoms with E-state index in [1.165, 1.54) is 0 Å². The highest BCUT2D eigenvalue weighted by atomic mass is 32.1. The summed E-state index contributed by atoms with van der Waals surface area (Å²) in [4.78, 5) is 52.1. The van der Waals surface area contributed by atoms with Gasteiger partial charge in [-0.2, -0.15) is 0 Å². The number of aromatic nitrogens is 1. The maximum Gasteiger partial charge on any atom is 0.320 e. The van der Waals surface area contributed by atoms with Crippen LogP contribution in [0.25, 0.3) is 0 Å². The number of piperidine rings is 2. The third-order valence-corrected chi connectivity index (χ3v) is 9.65. The Labute approximate surface area is 299 Å². The first-order valence-electron chi connectivity index (χ1n) is 16.8. The van der Waals surface area contributed by atoms with Gasteiger partial charge in [-0.3, -0.25) is 34.2 Å². The topological polar surface area (TPSA) is 168 Å². The molecule has 13 heteroatoms. The summed E-state index contributed by atoms with van der Waals surface area (Å²) in [5.41, 5.74) is -1.40. The Morgan fingerprint density at radius 3 is 2.16 bits per heavy atom. The summed E-state index contributed by atoms with van der Waals surface area (Å²) in [6.07, 6.45) is 15.8. The lowest BCUT2D eigenvalue weighted by Gasteiger charge is -2.62. The van der Waals surface area contributed by atoms with E-state index in [0.29, 0.717) is 42.3 Å². The number of para-hydroxylation sites is 1. The van der Waals surface area contributed by atoms with Gasteiger partial charge in [0.05, 0.1) is 23.5 Å². The molecule has 1 aromatic carbocycles. The van der Waals surface area contributed by atoms with Crippen molar-refractivity contribution in [2.45, 2.75) is 70.5 Å². The van der Waals surface area contributed by atoms with Gasteiger partial charge in [-0.15, -0.1) is 12.8 Å². The zero-order valence-electron chi connectivity index (χ0n) is 28.9. The van der Waals surface area contributed by atoms with Gasteiger partial charge in [0.15, 0.2) is 5.11 Å². The van der Waals surface area contributed by atoms with Crippen LogP contribution in [-0.4, -0.2) is 98.1 Å². The van der Waals surface area contributed by atoms with Crippen molar-refractivity contribution < 1.29 is 29.7 Å². The first-order chi connectivity index (χ1) is 24.1. The van der Waals surface area contributed by atoms with E-state index in [9.17, 15) is 29.7 Å². The predicted molar refractivity (Wildman–Crippen MR) is 198 cm³/mol. The van der Waals surface area contributed by atoms with Gasteiger partial charge in [0.2, 0.25) is 0 Å². The standard InChI is InChI=1S/C33H40N6O6S.C2H6.C2H2/c1-38-26(23-13-5-8-16-34-23)32(29(42)43)19-33(30(44)45,27(38)24-14-6-9-17-35-24)21-39(20-32)25(28(40)41)15-7-10-18-36-31(46)37-22-11-3-2-4-12-22;2*1-2/h2-5,8,11-14,16-17,25-27H,6-7,9-10,15,18-21H2,1H3,(H,40,41)(H,42,43)(H,44,45)(H2,36,37,46);1-2H3;1-2H. The number of nitrogens with zero attached hydrogens (tertiary/aromatic N) is 4. The molecule has 2 bridgehead atoms. The Kier molecular flexibility index (Phi) is 14.6. The van der Waals surface area contributed by atoms with Crippen LogP contribution in [0.4, 0.5) is 5.69 Å². The highest BCUT2D eigenvalue weighted by molar-refractivity contribution is 7.80. The monoisotopic (exact) mass is 704 g/mol. The van der Waals surface area contributed by atoms with E-state index in [1.54, 1.807) is 47.5 Å². The molecule has 0 aliphatic carbocycles. The van der Waals surface area contributed by atoms with E-state index in [0.717, 1.165) is 12.1 Å². The molecular weight excluding hydrogens is 657 g/mol. The maximum atomic E-state index is 13.4. The molecule has 0 amide bonds.